The summed E-state index contributed by atoms with van der Waals surface area (Å²) >= 11 is 1.21. The third-order valence-corrected chi connectivity index (χ3v) is 3.85. The van der Waals surface area contributed by atoms with Crippen LogP contribution in [0.5, 0.6) is 5.75 Å². The number of benzene rings is 1. The molecule has 0 aliphatic heterocycles. The fraction of sp³-hybridized carbons (Fsp3) is 0.214. The van der Waals surface area contributed by atoms with Crippen LogP contribution in [0.3, 0.4) is 0 Å². The van der Waals surface area contributed by atoms with Crippen molar-refractivity contribution in [3.63, 3.8) is 0 Å². The molecule has 5 heteroatoms. The van der Waals surface area contributed by atoms with Crippen molar-refractivity contribution in [1.29, 1.82) is 0 Å². The number of rotatable bonds is 4. The van der Waals surface area contributed by atoms with Crippen LogP contribution in [-0.2, 0) is 6.61 Å². The molecule has 0 aliphatic rings. The Morgan fingerprint density at radius 1 is 1.37 bits per heavy atom. The van der Waals surface area contributed by atoms with Crippen molar-refractivity contribution < 1.29 is 19.0 Å². The van der Waals surface area contributed by atoms with Crippen molar-refractivity contribution >= 4 is 17.3 Å². The van der Waals surface area contributed by atoms with Crippen LogP contribution in [0.1, 0.15) is 25.7 Å². The van der Waals surface area contributed by atoms with Crippen LogP contribution in [0.25, 0.3) is 0 Å². The summed E-state index contributed by atoms with van der Waals surface area (Å²) in [6, 6.07) is 6.26. The minimum absolute atomic E-state index is 0.234. The summed E-state index contributed by atoms with van der Waals surface area (Å²) in [6.07, 6.45) is 0. The second-order valence-electron chi connectivity index (χ2n) is 4.20. The maximum Gasteiger partial charge on any atom is 0.345 e. The Kier molecular flexibility index (Phi) is 3.85. The Balaban J connectivity index is 2.09. The molecule has 0 saturated heterocycles. The molecule has 1 N–H and O–H groups in total. The van der Waals surface area contributed by atoms with Crippen LogP contribution in [-0.4, -0.2) is 11.1 Å². The molecule has 19 heavy (non-hydrogen) atoms. The van der Waals surface area contributed by atoms with Crippen LogP contribution in [0.2, 0.25) is 0 Å². The third kappa shape index (κ3) is 3.12. The lowest BCUT2D eigenvalue weighted by Crippen LogP contribution is -1.97. The van der Waals surface area contributed by atoms with Crippen molar-refractivity contribution in [3.05, 3.63) is 51.0 Å². The Hall–Kier alpha value is -1.88. The van der Waals surface area contributed by atoms with Gasteiger partial charge in [-0.05, 0) is 31.5 Å². The molecule has 0 saturated carbocycles. The zero-order valence-corrected chi connectivity index (χ0v) is 11.4. The summed E-state index contributed by atoms with van der Waals surface area (Å²) in [5, 5.41) is 8.89. The van der Waals surface area contributed by atoms with Crippen molar-refractivity contribution in [2.75, 3.05) is 0 Å². The van der Waals surface area contributed by atoms with Crippen LogP contribution in [0.4, 0.5) is 4.39 Å². The lowest BCUT2D eigenvalue weighted by atomic mass is 10.2. The van der Waals surface area contributed by atoms with Gasteiger partial charge in [-0.1, -0.05) is 6.07 Å². The molecular weight excluding hydrogens is 267 g/mol. The fourth-order valence-corrected chi connectivity index (χ4v) is 2.46. The quantitative estimate of drug-likeness (QED) is 0.927. The van der Waals surface area contributed by atoms with E-state index in [1.54, 1.807) is 25.1 Å². The predicted octanol–water partition coefficient (Wildman–Crippen LogP) is 3.78. The number of thiophene rings is 1. The van der Waals surface area contributed by atoms with Gasteiger partial charge < -0.3 is 9.84 Å². The Morgan fingerprint density at radius 3 is 2.68 bits per heavy atom. The predicted molar refractivity (Wildman–Crippen MR) is 71.5 cm³/mol. The fourth-order valence-electron chi connectivity index (χ4n) is 1.59. The standard InChI is InChI=1S/C14H13FO3S/c1-8-3-4-11(6-12(8)15)18-7-10-5-13(14(16)17)19-9(10)2/h3-6H,7H2,1-2H3,(H,16,17). The Morgan fingerprint density at radius 2 is 2.11 bits per heavy atom. The molecule has 0 atom stereocenters. The van der Waals surface area contributed by atoms with Crippen molar-refractivity contribution in [3.8, 4) is 5.75 Å². The smallest absolute Gasteiger partial charge is 0.345 e. The number of hydrogen-bond acceptors (Lipinski definition) is 3. The van der Waals surface area contributed by atoms with Gasteiger partial charge in [0.15, 0.2) is 0 Å². The molecule has 1 aromatic carbocycles. The monoisotopic (exact) mass is 280 g/mol. The molecule has 3 nitrogen and oxygen atoms in total. The van der Waals surface area contributed by atoms with Crippen LogP contribution >= 0.6 is 11.3 Å². The van der Waals surface area contributed by atoms with Crippen LogP contribution < -0.4 is 4.74 Å². The third-order valence-electron chi connectivity index (χ3n) is 2.77. The first-order valence-corrected chi connectivity index (χ1v) is 6.50. The van der Waals surface area contributed by atoms with E-state index in [1.165, 1.54) is 17.4 Å². The van der Waals surface area contributed by atoms with Gasteiger partial charge in [-0.15, -0.1) is 11.3 Å². The molecule has 0 spiro atoms. The normalized spacial score (nSPS) is 10.5. The number of aryl methyl sites for hydroxylation is 2. The average Bonchev–Trinajstić information content (AvgIpc) is 2.73. The minimum atomic E-state index is -0.944. The van der Waals surface area contributed by atoms with Gasteiger partial charge in [-0.2, -0.15) is 0 Å². The second kappa shape index (κ2) is 5.40. The summed E-state index contributed by atoms with van der Waals surface area (Å²) in [5.74, 6) is -0.822. The molecule has 0 radical (unpaired) electrons. The van der Waals surface area contributed by atoms with E-state index in [1.807, 2.05) is 6.92 Å². The first-order chi connectivity index (χ1) is 8.97. The molecule has 1 aromatic heterocycles. The average molecular weight is 280 g/mol. The van der Waals surface area contributed by atoms with Gasteiger partial charge in [0.05, 0.1) is 0 Å². The van der Waals surface area contributed by atoms with Gasteiger partial charge in [-0.25, -0.2) is 9.18 Å². The zero-order chi connectivity index (χ0) is 14.0. The summed E-state index contributed by atoms with van der Waals surface area (Å²) in [4.78, 5) is 12.0. The summed E-state index contributed by atoms with van der Waals surface area (Å²) in [5.41, 5.74) is 1.37. The first kappa shape index (κ1) is 13.5. The summed E-state index contributed by atoms with van der Waals surface area (Å²) in [7, 11) is 0. The first-order valence-electron chi connectivity index (χ1n) is 5.69. The Labute approximate surface area is 114 Å². The number of carbonyl (C=O) groups is 1. The number of halogens is 1. The van der Waals surface area contributed by atoms with E-state index in [-0.39, 0.29) is 17.3 Å². The highest BCUT2D eigenvalue weighted by molar-refractivity contribution is 7.14. The van der Waals surface area contributed by atoms with E-state index in [0.29, 0.717) is 11.3 Å². The molecule has 100 valence electrons. The van der Waals surface area contributed by atoms with Gasteiger partial charge in [0.2, 0.25) is 0 Å². The van der Waals surface area contributed by atoms with Crippen LogP contribution in [0.15, 0.2) is 24.3 Å². The van der Waals surface area contributed by atoms with E-state index < -0.39 is 5.97 Å². The molecular formula is C14H13FO3S. The van der Waals surface area contributed by atoms with Gasteiger partial charge in [-0.3, -0.25) is 0 Å². The maximum atomic E-state index is 13.3. The highest BCUT2D eigenvalue weighted by Crippen LogP contribution is 2.24. The number of ether oxygens (including phenoxy) is 1. The molecule has 0 bridgehead atoms. The molecule has 1 heterocycles. The number of carboxylic acids is 1. The topological polar surface area (TPSA) is 46.5 Å². The van der Waals surface area contributed by atoms with E-state index in [4.69, 9.17) is 9.84 Å². The van der Waals surface area contributed by atoms with Crippen molar-refractivity contribution in [1.82, 2.24) is 0 Å². The summed E-state index contributed by atoms with van der Waals surface area (Å²) in [6.45, 7) is 3.75. The zero-order valence-electron chi connectivity index (χ0n) is 10.6. The SMILES string of the molecule is Cc1ccc(OCc2cc(C(=O)O)sc2C)cc1F. The number of hydrogen-bond donors (Lipinski definition) is 1. The highest BCUT2D eigenvalue weighted by atomic mass is 32.1. The van der Waals surface area contributed by atoms with Gasteiger partial charge >= 0.3 is 5.97 Å². The lowest BCUT2D eigenvalue weighted by Gasteiger charge is -2.06. The molecule has 0 fully saturated rings. The number of aromatic carboxylic acids is 1. The molecule has 0 aliphatic carbocycles. The van der Waals surface area contributed by atoms with Crippen molar-refractivity contribution in [2.24, 2.45) is 0 Å². The highest BCUT2D eigenvalue weighted by Gasteiger charge is 2.11. The largest absolute Gasteiger partial charge is 0.489 e. The maximum absolute atomic E-state index is 13.3. The van der Waals surface area contributed by atoms with Crippen molar-refractivity contribution in [2.45, 2.75) is 20.5 Å². The molecule has 0 unspecified atom stereocenters. The van der Waals surface area contributed by atoms with Crippen LogP contribution in [0, 0.1) is 19.7 Å². The van der Waals surface area contributed by atoms with Gasteiger partial charge in [0, 0.05) is 16.5 Å². The van der Waals surface area contributed by atoms with E-state index >= 15 is 0 Å². The van der Waals surface area contributed by atoms with Gasteiger partial charge in [0.1, 0.15) is 23.1 Å². The Bertz CT molecular complexity index is 619. The minimum Gasteiger partial charge on any atom is -0.489 e. The van der Waals surface area contributed by atoms with Gasteiger partial charge in [0.25, 0.3) is 0 Å². The lowest BCUT2D eigenvalue weighted by molar-refractivity contribution is 0.0702. The molecule has 2 rings (SSSR count). The summed E-state index contributed by atoms with van der Waals surface area (Å²) < 4.78 is 18.8. The van der Waals surface area contributed by atoms with E-state index in [9.17, 15) is 9.18 Å². The second-order valence-corrected chi connectivity index (χ2v) is 5.45. The molecule has 0 amide bonds. The molecule has 2 aromatic rings. The van der Waals surface area contributed by atoms with E-state index in [0.717, 1.165) is 10.4 Å². The number of carboxylic acid groups (broad SMARTS) is 1. The van der Waals surface area contributed by atoms with E-state index in [2.05, 4.69) is 0 Å².